The number of rotatable bonds is 5. The summed E-state index contributed by atoms with van der Waals surface area (Å²) in [5.41, 5.74) is 3.39. The molecule has 1 aliphatic rings. The number of nitrogens with one attached hydrogen (secondary N) is 1. The van der Waals surface area contributed by atoms with Crippen molar-refractivity contribution in [3.63, 3.8) is 0 Å². The van der Waals surface area contributed by atoms with Gasteiger partial charge >= 0.3 is 0 Å². The third-order valence-electron chi connectivity index (χ3n) is 4.26. The Labute approximate surface area is 120 Å². The first-order chi connectivity index (χ1) is 9.55. The van der Waals surface area contributed by atoms with Crippen LogP contribution in [0.2, 0.25) is 0 Å². The topological polar surface area (TPSA) is 50.5 Å². The molecule has 1 atom stereocenters. The molecule has 1 aliphatic heterocycles. The highest BCUT2D eigenvalue weighted by Crippen LogP contribution is 2.23. The maximum absolute atomic E-state index is 13.8. The first kappa shape index (κ1) is 15.4. The van der Waals surface area contributed by atoms with Crippen LogP contribution in [-0.2, 0) is 11.2 Å². The molecule has 0 aliphatic carbocycles. The van der Waals surface area contributed by atoms with E-state index in [-0.39, 0.29) is 17.4 Å². The van der Waals surface area contributed by atoms with E-state index in [0.717, 1.165) is 26.3 Å². The molecule has 1 heterocycles. The van der Waals surface area contributed by atoms with Crippen molar-refractivity contribution in [1.29, 1.82) is 0 Å². The maximum atomic E-state index is 13.8. The Kier molecular flexibility index (Phi) is 5.10. The minimum Gasteiger partial charge on any atom is -0.379 e. The molecule has 0 radical (unpaired) electrons. The highest BCUT2D eigenvalue weighted by Gasteiger charge is 2.36. The van der Waals surface area contributed by atoms with E-state index < -0.39 is 0 Å². The lowest BCUT2D eigenvalue weighted by atomic mass is 9.87. The fourth-order valence-electron chi connectivity index (χ4n) is 2.76. The quantitative estimate of drug-likeness (QED) is 0.631. The van der Waals surface area contributed by atoms with Gasteiger partial charge in [-0.1, -0.05) is 18.2 Å². The van der Waals surface area contributed by atoms with E-state index in [2.05, 4.69) is 24.2 Å². The molecule has 112 valence electrons. The van der Waals surface area contributed by atoms with Gasteiger partial charge in [-0.3, -0.25) is 16.2 Å². The Morgan fingerprint density at radius 1 is 1.35 bits per heavy atom. The van der Waals surface area contributed by atoms with Crippen LogP contribution in [0.3, 0.4) is 0 Å². The van der Waals surface area contributed by atoms with Gasteiger partial charge in [-0.25, -0.2) is 4.39 Å². The Balaban J connectivity index is 2.12. The summed E-state index contributed by atoms with van der Waals surface area (Å²) in [6.07, 6.45) is 0.563. The van der Waals surface area contributed by atoms with Crippen molar-refractivity contribution < 1.29 is 9.13 Å². The molecule has 0 amide bonds. The smallest absolute Gasteiger partial charge is 0.126 e. The zero-order valence-corrected chi connectivity index (χ0v) is 12.2. The number of hydrogen-bond acceptors (Lipinski definition) is 4. The van der Waals surface area contributed by atoms with E-state index >= 15 is 0 Å². The largest absolute Gasteiger partial charge is 0.379 e. The van der Waals surface area contributed by atoms with Crippen LogP contribution in [0.25, 0.3) is 0 Å². The summed E-state index contributed by atoms with van der Waals surface area (Å²) in [5.74, 6) is 5.56. The molecule has 5 heteroatoms. The number of nitrogens with zero attached hydrogens (tertiary/aromatic N) is 1. The van der Waals surface area contributed by atoms with E-state index in [1.807, 2.05) is 12.1 Å². The van der Waals surface area contributed by atoms with Crippen LogP contribution < -0.4 is 11.3 Å². The number of hydrogen-bond donors (Lipinski definition) is 2. The zero-order valence-electron chi connectivity index (χ0n) is 12.2. The van der Waals surface area contributed by atoms with Crippen molar-refractivity contribution in [3.8, 4) is 0 Å². The van der Waals surface area contributed by atoms with Gasteiger partial charge < -0.3 is 4.74 Å². The number of halogens is 1. The van der Waals surface area contributed by atoms with Crippen LogP contribution in [0.15, 0.2) is 24.3 Å². The van der Waals surface area contributed by atoms with Gasteiger partial charge in [0.25, 0.3) is 0 Å². The Morgan fingerprint density at radius 3 is 2.60 bits per heavy atom. The SMILES string of the molecule is CC(C)(C(Cc1ccccc1F)NN)N1CCOCC1. The lowest BCUT2D eigenvalue weighted by Gasteiger charge is -2.45. The van der Waals surface area contributed by atoms with Gasteiger partial charge in [0.2, 0.25) is 0 Å². The van der Waals surface area contributed by atoms with Crippen molar-refractivity contribution >= 4 is 0 Å². The average molecular weight is 281 g/mol. The molecule has 1 aromatic rings. The molecular formula is C15H24FN3O. The molecule has 20 heavy (non-hydrogen) atoms. The summed E-state index contributed by atoms with van der Waals surface area (Å²) in [5, 5.41) is 0. The lowest BCUT2D eigenvalue weighted by Crippen LogP contribution is -2.62. The minimum absolute atomic E-state index is 0.0301. The fraction of sp³-hybridized carbons (Fsp3) is 0.600. The molecule has 2 rings (SSSR count). The maximum Gasteiger partial charge on any atom is 0.126 e. The van der Waals surface area contributed by atoms with Crippen molar-refractivity contribution in [2.24, 2.45) is 5.84 Å². The summed E-state index contributed by atoms with van der Waals surface area (Å²) in [6, 6.07) is 6.84. The fourth-order valence-corrected chi connectivity index (χ4v) is 2.76. The van der Waals surface area contributed by atoms with Gasteiger partial charge in [-0.2, -0.15) is 0 Å². The van der Waals surface area contributed by atoms with E-state index in [1.165, 1.54) is 6.07 Å². The molecule has 0 saturated carbocycles. The number of hydrazine groups is 1. The molecule has 1 unspecified atom stereocenters. The van der Waals surface area contributed by atoms with E-state index in [4.69, 9.17) is 10.6 Å². The number of nitrogens with two attached hydrogens (primary N) is 1. The van der Waals surface area contributed by atoms with Gasteiger partial charge in [0.05, 0.1) is 13.2 Å². The van der Waals surface area contributed by atoms with Crippen LogP contribution in [0.1, 0.15) is 19.4 Å². The second-order valence-corrected chi connectivity index (χ2v) is 5.77. The van der Waals surface area contributed by atoms with Gasteiger partial charge in [-0.05, 0) is 31.9 Å². The van der Waals surface area contributed by atoms with Gasteiger partial charge in [0.1, 0.15) is 5.82 Å². The third-order valence-corrected chi connectivity index (χ3v) is 4.26. The monoisotopic (exact) mass is 281 g/mol. The van der Waals surface area contributed by atoms with Crippen LogP contribution in [-0.4, -0.2) is 42.8 Å². The summed E-state index contributed by atoms with van der Waals surface area (Å²) >= 11 is 0. The molecule has 0 spiro atoms. The van der Waals surface area contributed by atoms with E-state index in [1.54, 1.807) is 6.07 Å². The zero-order chi connectivity index (χ0) is 14.6. The first-order valence-corrected chi connectivity index (χ1v) is 7.08. The van der Waals surface area contributed by atoms with Gasteiger partial charge in [0.15, 0.2) is 0 Å². The predicted octanol–water partition coefficient (Wildman–Crippen LogP) is 1.31. The third kappa shape index (κ3) is 3.35. The Bertz CT molecular complexity index is 433. The molecule has 3 N–H and O–H groups in total. The van der Waals surface area contributed by atoms with Crippen molar-refractivity contribution in [1.82, 2.24) is 10.3 Å². The molecule has 0 aromatic heterocycles. The standard InChI is InChI=1S/C15H24FN3O/c1-15(2,19-7-9-20-10-8-19)14(18-17)11-12-5-3-4-6-13(12)16/h3-6,14,18H,7-11,17H2,1-2H3. The molecule has 0 bridgehead atoms. The highest BCUT2D eigenvalue weighted by atomic mass is 19.1. The van der Waals surface area contributed by atoms with Crippen molar-refractivity contribution in [2.75, 3.05) is 26.3 Å². The Morgan fingerprint density at radius 2 is 2.00 bits per heavy atom. The van der Waals surface area contributed by atoms with Gasteiger partial charge in [0, 0.05) is 24.7 Å². The van der Waals surface area contributed by atoms with Crippen molar-refractivity contribution in [3.05, 3.63) is 35.6 Å². The van der Waals surface area contributed by atoms with Crippen LogP contribution in [0, 0.1) is 5.82 Å². The molecule has 1 fully saturated rings. The van der Waals surface area contributed by atoms with Gasteiger partial charge in [-0.15, -0.1) is 0 Å². The van der Waals surface area contributed by atoms with Crippen LogP contribution in [0.5, 0.6) is 0 Å². The second kappa shape index (κ2) is 6.63. The number of benzene rings is 1. The highest BCUT2D eigenvalue weighted by molar-refractivity contribution is 5.19. The minimum atomic E-state index is -0.175. The molecule has 1 aromatic carbocycles. The lowest BCUT2D eigenvalue weighted by molar-refractivity contribution is -0.0233. The van der Waals surface area contributed by atoms with Crippen LogP contribution >= 0.6 is 0 Å². The molecule has 1 saturated heterocycles. The number of ether oxygens (including phenoxy) is 1. The molecular weight excluding hydrogens is 257 g/mol. The molecule has 4 nitrogen and oxygen atoms in total. The van der Waals surface area contributed by atoms with Crippen LogP contribution in [0.4, 0.5) is 4.39 Å². The summed E-state index contributed by atoms with van der Waals surface area (Å²) in [7, 11) is 0. The summed E-state index contributed by atoms with van der Waals surface area (Å²) < 4.78 is 19.2. The second-order valence-electron chi connectivity index (χ2n) is 5.77. The first-order valence-electron chi connectivity index (χ1n) is 7.08. The van der Waals surface area contributed by atoms with Crippen molar-refractivity contribution in [2.45, 2.75) is 31.8 Å². The van der Waals surface area contributed by atoms with E-state index in [0.29, 0.717) is 12.0 Å². The Hall–Kier alpha value is -1.01. The summed E-state index contributed by atoms with van der Waals surface area (Å²) in [4.78, 5) is 2.35. The normalized spacial score (nSPS) is 19.0. The predicted molar refractivity (Wildman–Crippen MR) is 77.7 cm³/mol. The number of morpholine rings is 1. The average Bonchev–Trinajstić information content (AvgIpc) is 2.47. The van der Waals surface area contributed by atoms with E-state index in [9.17, 15) is 4.39 Å². The summed E-state index contributed by atoms with van der Waals surface area (Å²) in [6.45, 7) is 7.51.